The fourth-order valence-corrected chi connectivity index (χ4v) is 2.87. The van der Waals surface area contributed by atoms with Crippen LogP contribution in [0.5, 0.6) is 5.75 Å². The second-order valence-electron chi connectivity index (χ2n) is 6.91. The summed E-state index contributed by atoms with van der Waals surface area (Å²) in [5.74, 6) is -1.84. The second-order valence-corrected chi connectivity index (χ2v) is 6.91. The number of aromatic hydroxyl groups is 1. The molecule has 3 rings (SSSR count). The summed E-state index contributed by atoms with van der Waals surface area (Å²) in [7, 11) is 0. The van der Waals surface area contributed by atoms with Crippen LogP contribution in [0.3, 0.4) is 0 Å². The highest BCUT2D eigenvalue weighted by Gasteiger charge is 2.17. The first kappa shape index (κ1) is 22.4. The number of carbonyl (C=O) groups is 3. The van der Waals surface area contributed by atoms with Gasteiger partial charge in [-0.2, -0.15) is 0 Å². The van der Waals surface area contributed by atoms with Gasteiger partial charge in [0.2, 0.25) is 0 Å². The minimum atomic E-state index is -0.810. The van der Waals surface area contributed by atoms with E-state index < -0.39 is 17.8 Å². The number of aromatic amines is 1. The molecule has 32 heavy (non-hydrogen) atoms. The number of H-pyrrole nitrogens is 1. The molecule has 0 bridgehead atoms. The smallest absolute Gasteiger partial charge is 0.344 e. The van der Waals surface area contributed by atoms with Crippen LogP contribution in [0.25, 0.3) is 12.7 Å². The Morgan fingerprint density at radius 3 is 2.56 bits per heavy atom. The summed E-state index contributed by atoms with van der Waals surface area (Å²) in [4.78, 5) is 38.8. The molecule has 2 aromatic heterocycles. The summed E-state index contributed by atoms with van der Waals surface area (Å²) in [6, 6.07) is 10.3. The number of carbonyl (C=O) groups excluding carboxylic acids is 3. The highest BCUT2D eigenvalue weighted by atomic mass is 16.5. The highest BCUT2D eigenvalue weighted by Crippen LogP contribution is 2.12. The van der Waals surface area contributed by atoms with Gasteiger partial charge >= 0.3 is 17.8 Å². The maximum atomic E-state index is 12.0. The first-order valence-corrected chi connectivity index (χ1v) is 9.81. The lowest BCUT2D eigenvalue weighted by Gasteiger charge is -2.05. The minimum absolute atomic E-state index is 0.0145. The monoisotopic (exact) mass is 437 g/mol. The Bertz CT molecular complexity index is 1250. The van der Waals surface area contributed by atoms with Crippen molar-refractivity contribution in [1.29, 1.82) is 0 Å². The van der Waals surface area contributed by atoms with Crippen LogP contribution < -0.4 is 21.3 Å². The third-order valence-electron chi connectivity index (χ3n) is 4.47. The summed E-state index contributed by atoms with van der Waals surface area (Å²) >= 11 is 0. The third kappa shape index (κ3) is 5.25. The van der Waals surface area contributed by atoms with E-state index in [-0.39, 0.29) is 35.2 Å². The van der Waals surface area contributed by atoms with Crippen molar-refractivity contribution < 1.29 is 28.6 Å². The number of ether oxygens (including phenoxy) is 1. The number of amides is 2. The Morgan fingerprint density at radius 2 is 1.88 bits per heavy atom. The zero-order valence-electron chi connectivity index (χ0n) is 17.7. The van der Waals surface area contributed by atoms with Crippen molar-refractivity contribution in [2.24, 2.45) is 0 Å². The number of hydrogen-bond donors (Lipinski definition) is 4. The number of nitrogens with one attached hydrogen (secondary N) is 3. The van der Waals surface area contributed by atoms with Gasteiger partial charge in [0.05, 0.1) is 18.5 Å². The van der Waals surface area contributed by atoms with Crippen LogP contribution in [-0.2, 0) is 20.9 Å². The van der Waals surface area contributed by atoms with Crippen molar-refractivity contribution in [1.82, 2.24) is 10.3 Å². The molecule has 1 aromatic carbocycles. The molecule has 0 saturated heterocycles. The van der Waals surface area contributed by atoms with Gasteiger partial charge in [-0.15, -0.1) is 0 Å². The highest BCUT2D eigenvalue weighted by molar-refractivity contribution is 6.39. The van der Waals surface area contributed by atoms with E-state index in [4.69, 9.17) is 9.15 Å². The van der Waals surface area contributed by atoms with Crippen molar-refractivity contribution in [2.75, 3.05) is 11.9 Å². The largest absolute Gasteiger partial charge is 0.505 e. The number of anilines is 1. The SMILES string of the molecule is C=c1[nH]/c(=C\c2ccc(CNC(=O)C(=O)Nc3ccc(C)cc3)o2)c(O)c1C(=O)OCC. The molecule has 0 unspecified atom stereocenters. The molecule has 0 aliphatic carbocycles. The van der Waals surface area contributed by atoms with Crippen LogP contribution in [0.15, 0.2) is 40.8 Å². The van der Waals surface area contributed by atoms with Crippen molar-refractivity contribution >= 4 is 36.1 Å². The fraction of sp³-hybridized carbons (Fsp3) is 0.174. The van der Waals surface area contributed by atoms with E-state index in [0.717, 1.165) is 5.56 Å². The lowest BCUT2D eigenvalue weighted by molar-refractivity contribution is -0.136. The van der Waals surface area contributed by atoms with Crippen molar-refractivity contribution in [3.8, 4) is 5.75 Å². The van der Waals surface area contributed by atoms with Crippen LogP contribution in [0.2, 0.25) is 0 Å². The molecule has 166 valence electrons. The maximum Gasteiger partial charge on any atom is 0.344 e. The lowest BCUT2D eigenvalue weighted by Crippen LogP contribution is -2.34. The maximum absolute atomic E-state index is 12.0. The molecular weight excluding hydrogens is 414 g/mol. The number of furan rings is 1. The lowest BCUT2D eigenvalue weighted by atomic mass is 10.2. The number of aromatic nitrogens is 1. The molecular formula is C23H23N3O6. The van der Waals surface area contributed by atoms with Crippen molar-refractivity contribution in [2.45, 2.75) is 20.4 Å². The molecule has 0 atom stereocenters. The van der Waals surface area contributed by atoms with Gasteiger partial charge in [-0.25, -0.2) is 4.79 Å². The van der Waals surface area contributed by atoms with Crippen LogP contribution >= 0.6 is 0 Å². The Balaban J connectivity index is 1.64. The molecule has 3 aromatic rings. The van der Waals surface area contributed by atoms with Crippen molar-refractivity contribution in [3.63, 3.8) is 0 Å². The Morgan fingerprint density at radius 1 is 1.16 bits per heavy atom. The second kappa shape index (κ2) is 9.69. The van der Waals surface area contributed by atoms with Crippen LogP contribution in [0.1, 0.15) is 34.4 Å². The van der Waals surface area contributed by atoms with Crippen LogP contribution in [0.4, 0.5) is 5.69 Å². The summed E-state index contributed by atoms with van der Waals surface area (Å²) in [6.45, 7) is 7.43. The van der Waals surface area contributed by atoms with Crippen LogP contribution in [-0.4, -0.2) is 34.5 Å². The predicted molar refractivity (Wildman–Crippen MR) is 117 cm³/mol. The number of esters is 1. The fourth-order valence-electron chi connectivity index (χ4n) is 2.87. The number of rotatable bonds is 6. The topological polar surface area (TPSA) is 134 Å². The van der Waals surface area contributed by atoms with Gasteiger partial charge in [0.25, 0.3) is 0 Å². The molecule has 0 saturated carbocycles. The Labute approximate surface area is 183 Å². The van der Waals surface area contributed by atoms with Gasteiger partial charge < -0.3 is 29.9 Å². The number of aryl methyl sites for hydroxylation is 1. The predicted octanol–water partition coefficient (Wildman–Crippen LogP) is 1.29. The molecule has 2 amide bonds. The Hall–Kier alpha value is -4.27. The molecule has 0 aliphatic rings. The molecule has 2 heterocycles. The van der Waals surface area contributed by atoms with Gasteiger partial charge in [0, 0.05) is 17.1 Å². The van der Waals surface area contributed by atoms with Gasteiger partial charge in [0.1, 0.15) is 17.1 Å². The molecule has 9 nitrogen and oxygen atoms in total. The summed E-state index contributed by atoms with van der Waals surface area (Å²) in [5, 5.41) is 15.7. The van der Waals surface area contributed by atoms with Crippen LogP contribution in [0, 0.1) is 6.92 Å². The van der Waals surface area contributed by atoms with Gasteiger partial charge in [-0.3, -0.25) is 9.59 Å². The van der Waals surface area contributed by atoms with E-state index in [0.29, 0.717) is 17.2 Å². The molecule has 4 N–H and O–H groups in total. The third-order valence-corrected chi connectivity index (χ3v) is 4.47. The number of hydrogen-bond acceptors (Lipinski definition) is 6. The zero-order chi connectivity index (χ0) is 23.3. The van der Waals surface area contributed by atoms with E-state index in [1.165, 1.54) is 6.08 Å². The number of benzene rings is 1. The normalized spacial score (nSPS) is 11.2. The van der Waals surface area contributed by atoms with Gasteiger partial charge in [-0.1, -0.05) is 24.3 Å². The average Bonchev–Trinajstić information content (AvgIpc) is 3.31. The molecule has 0 spiro atoms. The molecule has 0 radical (unpaired) electrons. The zero-order valence-corrected chi connectivity index (χ0v) is 17.7. The first-order chi connectivity index (χ1) is 15.3. The van der Waals surface area contributed by atoms with E-state index in [1.54, 1.807) is 31.2 Å². The first-order valence-electron chi connectivity index (χ1n) is 9.81. The molecule has 9 heteroatoms. The van der Waals surface area contributed by atoms with Gasteiger partial charge in [0.15, 0.2) is 5.75 Å². The van der Waals surface area contributed by atoms with Gasteiger partial charge in [-0.05, 0) is 38.1 Å². The molecule has 0 aliphatic heterocycles. The quantitative estimate of drug-likeness (QED) is 0.339. The standard InChI is InChI=1S/C23H23N3O6/c1-4-31-23(30)19-14(3)25-18(20(19)27)11-16-9-10-17(32-16)12-24-21(28)22(29)26-15-7-5-13(2)6-8-15/h5-11,25,27H,3-4,12H2,1-2H3,(H,24,28)(H,26,29)/b18-11-. The summed E-state index contributed by atoms with van der Waals surface area (Å²) < 4.78 is 10.5. The van der Waals surface area contributed by atoms with E-state index in [2.05, 4.69) is 22.2 Å². The molecule has 0 fully saturated rings. The van der Waals surface area contributed by atoms with E-state index in [1.807, 2.05) is 19.1 Å². The average molecular weight is 437 g/mol. The summed E-state index contributed by atoms with van der Waals surface area (Å²) in [6.07, 6.45) is 1.47. The van der Waals surface area contributed by atoms with Crippen molar-refractivity contribution in [3.05, 3.63) is 69.7 Å². The minimum Gasteiger partial charge on any atom is -0.505 e. The van der Waals surface area contributed by atoms with E-state index in [9.17, 15) is 19.5 Å². The summed E-state index contributed by atoms with van der Waals surface area (Å²) in [5.41, 5.74) is 1.51. The Kier molecular flexibility index (Phi) is 6.79. The van der Waals surface area contributed by atoms with E-state index >= 15 is 0 Å².